The Morgan fingerprint density at radius 1 is 1.47 bits per heavy atom. The Balaban J connectivity index is 1.62. The molecule has 0 unspecified atom stereocenters. The van der Waals surface area contributed by atoms with E-state index in [2.05, 4.69) is 21.7 Å². The van der Waals surface area contributed by atoms with E-state index in [9.17, 15) is 0 Å². The Bertz CT molecular complexity index is 424. The normalized spacial score (nSPS) is 15.9. The molecule has 2 N–H and O–H groups in total. The summed E-state index contributed by atoms with van der Waals surface area (Å²) in [7, 11) is 0. The van der Waals surface area contributed by atoms with Gasteiger partial charge in [0.15, 0.2) is 5.69 Å². The minimum Gasteiger partial charge on any atom is -0.383 e. The first-order chi connectivity index (χ1) is 9.40. The van der Waals surface area contributed by atoms with Crippen LogP contribution in [0.15, 0.2) is 18.3 Å². The van der Waals surface area contributed by atoms with Crippen LogP contribution >= 0.6 is 0 Å². The van der Waals surface area contributed by atoms with Crippen LogP contribution in [0.25, 0.3) is 0 Å². The van der Waals surface area contributed by atoms with Crippen molar-refractivity contribution in [1.82, 2.24) is 10.3 Å². The van der Waals surface area contributed by atoms with Crippen LogP contribution < -0.4 is 10.6 Å². The van der Waals surface area contributed by atoms with Crippen molar-refractivity contribution >= 4 is 5.69 Å². The van der Waals surface area contributed by atoms with Gasteiger partial charge in [0.1, 0.15) is 6.07 Å². The van der Waals surface area contributed by atoms with Crippen LogP contribution in [0.3, 0.4) is 0 Å². The maximum Gasteiger partial charge on any atom is 0.163 e. The molecule has 1 aliphatic heterocycles. The number of aromatic nitrogens is 1. The van der Waals surface area contributed by atoms with E-state index < -0.39 is 0 Å². The highest BCUT2D eigenvalue weighted by Gasteiger charge is 2.12. The number of hydrogen-bond donors (Lipinski definition) is 2. The van der Waals surface area contributed by atoms with Crippen LogP contribution in [0.5, 0.6) is 0 Å². The van der Waals surface area contributed by atoms with Gasteiger partial charge in [0.2, 0.25) is 0 Å². The Morgan fingerprint density at radius 3 is 3.11 bits per heavy atom. The number of pyridine rings is 1. The number of rotatable bonds is 6. The molecule has 0 aliphatic carbocycles. The monoisotopic (exact) mass is 260 g/mol. The van der Waals surface area contributed by atoms with Crippen molar-refractivity contribution in [3.63, 3.8) is 0 Å². The second kappa shape index (κ2) is 7.72. The lowest BCUT2D eigenvalue weighted by Gasteiger charge is -2.22. The number of anilines is 1. The number of ether oxygens (including phenoxy) is 1. The standard InChI is InChI=1S/C14H20N4O/c15-11-14-13(3-1-6-18-14)17-7-2-10-19-12-4-8-16-9-5-12/h1,3,6,12,16-17H,2,4-5,7-10H2. The Kier molecular flexibility index (Phi) is 5.60. The topological polar surface area (TPSA) is 70.0 Å². The van der Waals surface area contributed by atoms with Gasteiger partial charge in [-0.2, -0.15) is 5.26 Å². The quantitative estimate of drug-likeness (QED) is 0.759. The molecule has 5 heteroatoms. The zero-order chi connectivity index (χ0) is 13.3. The van der Waals surface area contributed by atoms with Gasteiger partial charge in [-0.3, -0.25) is 0 Å². The molecular weight excluding hydrogens is 240 g/mol. The number of nitrogens with zero attached hydrogens (tertiary/aromatic N) is 2. The Morgan fingerprint density at radius 2 is 2.32 bits per heavy atom. The van der Waals surface area contributed by atoms with E-state index >= 15 is 0 Å². The predicted molar refractivity (Wildman–Crippen MR) is 73.9 cm³/mol. The summed E-state index contributed by atoms with van der Waals surface area (Å²) < 4.78 is 5.82. The third-order valence-corrected chi connectivity index (χ3v) is 3.19. The van der Waals surface area contributed by atoms with E-state index in [-0.39, 0.29) is 0 Å². The minimum atomic E-state index is 0.411. The maximum atomic E-state index is 8.91. The summed E-state index contributed by atoms with van der Waals surface area (Å²) in [4.78, 5) is 4.01. The summed E-state index contributed by atoms with van der Waals surface area (Å²) in [5.41, 5.74) is 1.24. The number of piperidine rings is 1. The van der Waals surface area contributed by atoms with Crippen molar-refractivity contribution in [2.24, 2.45) is 0 Å². The lowest BCUT2D eigenvalue weighted by Crippen LogP contribution is -2.32. The lowest BCUT2D eigenvalue weighted by molar-refractivity contribution is 0.0329. The van der Waals surface area contributed by atoms with Gasteiger partial charge in [-0.1, -0.05) is 0 Å². The molecule has 0 saturated carbocycles. The van der Waals surface area contributed by atoms with Gasteiger partial charge in [-0.15, -0.1) is 0 Å². The first-order valence-corrected chi connectivity index (χ1v) is 6.81. The van der Waals surface area contributed by atoms with Gasteiger partial charge in [-0.05, 0) is 44.5 Å². The zero-order valence-corrected chi connectivity index (χ0v) is 11.1. The maximum absolute atomic E-state index is 8.91. The molecule has 1 aliphatic rings. The third-order valence-electron chi connectivity index (χ3n) is 3.19. The first kappa shape index (κ1) is 13.8. The van der Waals surface area contributed by atoms with Gasteiger partial charge in [0.05, 0.1) is 11.8 Å². The number of nitriles is 1. The van der Waals surface area contributed by atoms with Crippen LogP contribution in [-0.2, 0) is 4.74 Å². The van der Waals surface area contributed by atoms with Gasteiger partial charge >= 0.3 is 0 Å². The number of hydrogen-bond acceptors (Lipinski definition) is 5. The summed E-state index contributed by atoms with van der Waals surface area (Å²) >= 11 is 0. The lowest BCUT2D eigenvalue weighted by atomic mass is 10.1. The molecule has 1 fully saturated rings. The molecule has 5 nitrogen and oxygen atoms in total. The molecule has 0 bridgehead atoms. The van der Waals surface area contributed by atoms with Gasteiger partial charge in [-0.25, -0.2) is 4.98 Å². The summed E-state index contributed by atoms with van der Waals surface area (Å²) in [6.07, 6.45) is 5.19. The van der Waals surface area contributed by atoms with E-state index in [4.69, 9.17) is 10.00 Å². The molecule has 2 heterocycles. The van der Waals surface area contributed by atoms with Crippen LogP contribution in [0, 0.1) is 11.3 Å². The molecule has 1 saturated heterocycles. The molecule has 0 aromatic carbocycles. The summed E-state index contributed by atoms with van der Waals surface area (Å²) in [6.45, 7) is 3.68. The first-order valence-electron chi connectivity index (χ1n) is 6.81. The average molecular weight is 260 g/mol. The van der Waals surface area contributed by atoms with Gasteiger partial charge in [0, 0.05) is 19.3 Å². The van der Waals surface area contributed by atoms with Crippen molar-refractivity contribution in [3.05, 3.63) is 24.0 Å². The summed E-state index contributed by atoms with van der Waals surface area (Å²) in [5, 5.41) is 15.5. The molecule has 0 spiro atoms. The molecule has 0 radical (unpaired) electrons. The second-order valence-corrected chi connectivity index (χ2v) is 4.61. The average Bonchev–Trinajstić information content (AvgIpc) is 2.48. The van der Waals surface area contributed by atoms with Crippen molar-refractivity contribution in [1.29, 1.82) is 5.26 Å². The third kappa shape index (κ3) is 4.51. The highest BCUT2D eigenvalue weighted by molar-refractivity contribution is 5.53. The molecule has 0 amide bonds. The van der Waals surface area contributed by atoms with E-state index in [0.717, 1.165) is 51.2 Å². The summed E-state index contributed by atoms with van der Waals surface area (Å²) in [6, 6.07) is 5.78. The largest absolute Gasteiger partial charge is 0.383 e. The van der Waals surface area contributed by atoms with E-state index in [1.807, 2.05) is 12.1 Å². The highest BCUT2D eigenvalue weighted by Crippen LogP contribution is 2.11. The fourth-order valence-electron chi connectivity index (χ4n) is 2.14. The molecule has 1 aromatic heterocycles. The predicted octanol–water partition coefficient (Wildman–Crippen LogP) is 1.52. The van der Waals surface area contributed by atoms with Crippen molar-refractivity contribution in [3.8, 4) is 6.07 Å². The van der Waals surface area contributed by atoms with E-state index in [1.165, 1.54) is 0 Å². The number of nitrogens with one attached hydrogen (secondary N) is 2. The van der Waals surface area contributed by atoms with Crippen LogP contribution in [-0.4, -0.2) is 37.3 Å². The fourth-order valence-corrected chi connectivity index (χ4v) is 2.14. The highest BCUT2D eigenvalue weighted by atomic mass is 16.5. The van der Waals surface area contributed by atoms with Crippen LogP contribution in [0.4, 0.5) is 5.69 Å². The summed E-state index contributed by atoms with van der Waals surface area (Å²) in [5.74, 6) is 0. The van der Waals surface area contributed by atoms with E-state index in [0.29, 0.717) is 11.8 Å². The van der Waals surface area contributed by atoms with Crippen molar-refractivity contribution < 1.29 is 4.74 Å². The second-order valence-electron chi connectivity index (χ2n) is 4.61. The van der Waals surface area contributed by atoms with Crippen LogP contribution in [0.1, 0.15) is 25.0 Å². The molecule has 1 aromatic rings. The minimum absolute atomic E-state index is 0.411. The van der Waals surface area contributed by atoms with E-state index in [1.54, 1.807) is 6.20 Å². The molecule has 19 heavy (non-hydrogen) atoms. The molecule has 102 valence electrons. The molecule has 0 atom stereocenters. The zero-order valence-electron chi connectivity index (χ0n) is 11.1. The van der Waals surface area contributed by atoms with Crippen molar-refractivity contribution in [2.75, 3.05) is 31.6 Å². The Hall–Kier alpha value is -1.64. The smallest absolute Gasteiger partial charge is 0.163 e. The fraction of sp³-hybridized carbons (Fsp3) is 0.571. The van der Waals surface area contributed by atoms with Gasteiger partial charge in [0.25, 0.3) is 0 Å². The Labute approximate surface area is 114 Å². The SMILES string of the molecule is N#Cc1ncccc1NCCCOC1CCNCC1. The molecule has 2 rings (SSSR count). The van der Waals surface area contributed by atoms with Crippen LogP contribution in [0.2, 0.25) is 0 Å². The van der Waals surface area contributed by atoms with Gasteiger partial charge < -0.3 is 15.4 Å². The van der Waals surface area contributed by atoms with Crippen molar-refractivity contribution in [2.45, 2.75) is 25.4 Å². The molecular formula is C14H20N4O.